The molecule has 3 aromatic rings. The average Bonchev–Trinajstić information content (AvgIpc) is 3.01. The number of piperazine rings is 1. The van der Waals surface area contributed by atoms with Gasteiger partial charge in [-0.1, -0.05) is 6.07 Å². The number of nitrogens with one attached hydrogen (secondary N) is 1. The van der Waals surface area contributed by atoms with Crippen molar-refractivity contribution in [3.05, 3.63) is 58.8 Å². The summed E-state index contributed by atoms with van der Waals surface area (Å²) in [5.74, 6) is -0.488. The maximum absolute atomic E-state index is 12.4. The van der Waals surface area contributed by atoms with Gasteiger partial charge in [-0.05, 0) is 30.3 Å². The van der Waals surface area contributed by atoms with Crippen molar-refractivity contribution in [3.8, 4) is 0 Å². The number of pyridine rings is 1. The number of carbonyl (C=O) groups excluding carboxylic acids is 1. The van der Waals surface area contributed by atoms with Crippen molar-refractivity contribution in [2.24, 2.45) is 0 Å². The normalized spacial score (nSPS) is 15.0. The lowest BCUT2D eigenvalue weighted by atomic mass is 10.2. The van der Waals surface area contributed by atoms with Gasteiger partial charge >= 0.3 is 5.76 Å². The molecule has 1 N–H and O–H groups in total. The minimum atomic E-state index is -0.451. The fraction of sp³-hybridized carbons (Fsp3) is 0.235. The first-order chi connectivity index (χ1) is 11.7. The third kappa shape index (κ3) is 2.64. The zero-order chi connectivity index (χ0) is 16.5. The van der Waals surface area contributed by atoms with Crippen LogP contribution in [0.2, 0.25) is 0 Å². The molecule has 1 amide bonds. The van der Waals surface area contributed by atoms with Gasteiger partial charge in [-0.2, -0.15) is 0 Å². The molecule has 0 aliphatic carbocycles. The van der Waals surface area contributed by atoms with Crippen LogP contribution in [0.3, 0.4) is 0 Å². The number of amides is 1. The first kappa shape index (κ1) is 14.5. The molecular weight excluding hydrogens is 308 g/mol. The van der Waals surface area contributed by atoms with Crippen LogP contribution < -0.4 is 10.7 Å². The predicted molar refractivity (Wildman–Crippen MR) is 89.2 cm³/mol. The molecule has 7 nitrogen and oxygen atoms in total. The summed E-state index contributed by atoms with van der Waals surface area (Å²) in [4.78, 5) is 34.4. The van der Waals surface area contributed by atoms with Crippen LogP contribution in [0, 0.1) is 0 Å². The molecule has 1 aliphatic heterocycles. The number of H-pyrrole nitrogens is 1. The Morgan fingerprint density at radius 2 is 1.96 bits per heavy atom. The zero-order valence-corrected chi connectivity index (χ0v) is 12.9. The molecule has 2 aromatic heterocycles. The molecule has 0 radical (unpaired) electrons. The molecular formula is C17H16N4O3. The summed E-state index contributed by atoms with van der Waals surface area (Å²) >= 11 is 0. The Morgan fingerprint density at radius 1 is 1.12 bits per heavy atom. The van der Waals surface area contributed by atoms with E-state index < -0.39 is 5.76 Å². The Balaban J connectivity index is 1.47. The van der Waals surface area contributed by atoms with Gasteiger partial charge in [0.15, 0.2) is 5.58 Å². The van der Waals surface area contributed by atoms with Gasteiger partial charge in [0.2, 0.25) is 0 Å². The van der Waals surface area contributed by atoms with E-state index in [4.69, 9.17) is 4.42 Å². The highest BCUT2D eigenvalue weighted by molar-refractivity contribution is 5.92. The highest BCUT2D eigenvalue weighted by Gasteiger charge is 2.23. The van der Waals surface area contributed by atoms with E-state index in [9.17, 15) is 9.59 Å². The first-order valence-electron chi connectivity index (χ1n) is 7.79. The van der Waals surface area contributed by atoms with Crippen LogP contribution in [0.15, 0.2) is 51.8 Å². The van der Waals surface area contributed by atoms with Crippen LogP contribution in [0.5, 0.6) is 0 Å². The number of aromatic amines is 1. The van der Waals surface area contributed by atoms with E-state index in [-0.39, 0.29) is 5.91 Å². The van der Waals surface area contributed by atoms with E-state index in [0.717, 1.165) is 18.8 Å². The van der Waals surface area contributed by atoms with Crippen molar-refractivity contribution < 1.29 is 9.21 Å². The number of benzene rings is 1. The van der Waals surface area contributed by atoms with Gasteiger partial charge in [-0.3, -0.25) is 14.8 Å². The van der Waals surface area contributed by atoms with Gasteiger partial charge in [-0.25, -0.2) is 4.79 Å². The van der Waals surface area contributed by atoms with Crippen molar-refractivity contribution in [2.45, 2.75) is 0 Å². The van der Waals surface area contributed by atoms with Gasteiger partial charge in [0, 0.05) is 38.1 Å². The number of aromatic nitrogens is 2. The molecule has 3 heterocycles. The van der Waals surface area contributed by atoms with Crippen LogP contribution in [-0.2, 0) is 0 Å². The lowest BCUT2D eigenvalue weighted by Gasteiger charge is -2.36. The van der Waals surface area contributed by atoms with Crippen molar-refractivity contribution >= 4 is 22.7 Å². The number of carbonyl (C=O) groups is 1. The van der Waals surface area contributed by atoms with Crippen molar-refractivity contribution in [1.82, 2.24) is 14.9 Å². The fourth-order valence-corrected chi connectivity index (χ4v) is 2.96. The maximum atomic E-state index is 12.4. The monoisotopic (exact) mass is 324 g/mol. The molecule has 1 fully saturated rings. The topological polar surface area (TPSA) is 82.4 Å². The SMILES string of the molecule is O=C(c1ccccn1)N1CCN(c2ccc3oc(=O)[nH]c3c2)CC1. The number of fused-ring (bicyclic) bond motifs is 1. The van der Waals surface area contributed by atoms with Crippen molar-refractivity contribution in [2.75, 3.05) is 31.1 Å². The Labute approximate surface area is 137 Å². The highest BCUT2D eigenvalue weighted by atomic mass is 16.4. The van der Waals surface area contributed by atoms with E-state index in [1.165, 1.54) is 0 Å². The fourth-order valence-electron chi connectivity index (χ4n) is 2.96. The molecule has 0 spiro atoms. The zero-order valence-electron chi connectivity index (χ0n) is 12.9. The Hall–Kier alpha value is -3.09. The molecule has 122 valence electrons. The number of hydrogen-bond donors (Lipinski definition) is 1. The van der Waals surface area contributed by atoms with E-state index in [0.29, 0.717) is 29.9 Å². The predicted octanol–water partition coefficient (Wildman–Crippen LogP) is 1.48. The quantitative estimate of drug-likeness (QED) is 0.772. The second-order valence-corrected chi connectivity index (χ2v) is 5.69. The third-order valence-corrected chi connectivity index (χ3v) is 4.22. The van der Waals surface area contributed by atoms with Gasteiger partial charge < -0.3 is 14.2 Å². The number of anilines is 1. The van der Waals surface area contributed by atoms with E-state index >= 15 is 0 Å². The second kappa shape index (κ2) is 5.84. The summed E-state index contributed by atoms with van der Waals surface area (Å²) in [6.45, 7) is 2.73. The molecule has 24 heavy (non-hydrogen) atoms. The summed E-state index contributed by atoms with van der Waals surface area (Å²) in [5, 5.41) is 0. The molecule has 0 unspecified atom stereocenters. The van der Waals surface area contributed by atoms with E-state index in [1.807, 2.05) is 23.1 Å². The average molecular weight is 324 g/mol. The Morgan fingerprint density at radius 3 is 2.71 bits per heavy atom. The van der Waals surface area contributed by atoms with Gasteiger partial charge in [-0.15, -0.1) is 0 Å². The summed E-state index contributed by atoms with van der Waals surface area (Å²) in [7, 11) is 0. The molecule has 7 heteroatoms. The molecule has 1 aromatic carbocycles. The third-order valence-electron chi connectivity index (χ3n) is 4.22. The molecule has 0 bridgehead atoms. The minimum absolute atomic E-state index is 0.0372. The van der Waals surface area contributed by atoms with Crippen LogP contribution in [0.1, 0.15) is 10.5 Å². The molecule has 0 saturated carbocycles. The smallest absolute Gasteiger partial charge is 0.408 e. The molecule has 0 atom stereocenters. The molecule has 1 saturated heterocycles. The minimum Gasteiger partial charge on any atom is -0.408 e. The van der Waals surface area contributed by atoms with Crippen molar-refractivity contribution in [1.29, 1.82) is 0 Å². The molecule has 4 rings (SSSR count). The lowest BCUT2D eigenvalue weighted by molar-refractivity contribution is 0.0741. The van der Waals surface area contributed by atoms with Crippen LogP contribution >= 0.6 is 0 Å². The summed E-state index contributed by atoms with van der Waals surface area (Å²) in [6, 6.07) is 11.0. The number of oxazole rings is 1. The summed E-state index contributed by atoms with van der Waals surface area (Å²) in [5.41, 5.74) is 2.71. The highest BCUT2D eigenvalue weighted by Crippen LogP contribution is 2.21. The number of rotatable bonds is 2. The summed E-state index contributed by atoms with van der Waals surface area (Å²) < 4.78 is 5.02. The van der Waals surface area contributed by atoms with Gasteiger partial charge in [0.05, 0.1) is 5.52 Å². The standard InChI is InChI=1S/C17H16N4O3/c22-16(13-3-1-2-6-18-13)21-9-7-20(8-10-21)12-4-5-15-14(11-12)19-17(23)24-15/h1-6,11H,7-10H2,(H,19,23). The molecule has 1 aliphatic rings. The largest absolute Gasteiger partial charge is 0.417 e. The Bertz CT molecular complexity index is 924. The number of nitrogens with zero attached hydrogens (tertiary/aromatic N) is 3. The van der Waals surface area contributed by atoms with E-state index in [2.05, 4.69) is 14.9 Å². The van der Waals surface area contributed by atoms with Crippen LogP contribution in [0.4, 0.5) is 5.69 Å². The maximum Gasteiger partial charge on any atom is 0.417 e. The van der Waals surface area contributed by atoms with Crippen molar-refractivity contribution in [3.63, 3.8) is 0 Å². The first-order valence-corrected chi connectivity index (χ1v) is 7.79. The number of hydrogen-bond acceptors (Lipinski definition) is 5. The van der Waals surface area contributed by atoms with Crippen LogP contribution in [0.25, 0.3) is 11.1 Å². The second-order valence-electron chi connectivity index (χ2n) is 5.69. The summed E-state index contributed by atoms with van der Waals surface area (Å²) in [6.07, 6.45) is 1.63. The van der Waals surface area contributed by atoms with Gasteiger partial charge in [0.25, 0.3) is 5.91 Å². The van der Waals surface area contributed by atoms with Gasteiger partial charge in [0.1, 0.15) is 5.69 Å². The lowest BCUT2D eigenvalue weighted by Crippen LogP contribution is -2.49. The van der Waals surface area contributed by atoms with Crippen LogP contribution in [-0.4, -0.2) is 47.0 Å². The Kier molecular flexibility index (Phi) is 3.53. The van der Waals surface area contributed by atoms with E-state index in [1.54, 1.807) is 24.4 Å².